The molecule has 0 aliphatic carbocycles. The van der Waals surface area contributed by atoms with E-state index in [4.69, 9.17) is 9.47 Å². The van der Waals surface area contributed by atoms with Gasteiger partial charge < -0.3 is 19.7 Å². The monoisotopic (exact) mass is 438 g/mol. The second-order valence-electron chi connectivity index (χ2n) is 8.20. The molecule has 0 radical (unpaired) electrons. The van der Waals surface area contributed by atoms with Crippen molar-refractivity contribution in [2.75, 3.05) is 44.2 Å². The maximum Gasteiger partial charge on any atom is 0.247 e. The molecule has 32 heavy (non-hydrogen) atoms. The van der Waals surface area contributed by atoms with E-state index in [1.54, 1.807) is 37.4 Å². The van der Waals surface area contributed by atoms with Gasteiger partial charge in [-0.05, 0) is 37.2 Å². The van der Waals surface area contributed by atoms with Crippen LogP contribution in [0.15, 0.2) is 48.5 Å². The summed E-state index contributed by atoms with van der Waals surface area (Å²) in [6.07, 6.45) is 0.964. The molecule has 4 rings (SSSR count). The smallest absolute Gasteiger partial charge is 0.247 e. The molecule has 2 heterocycles. The number of anilines is 2. The first kappa shape index (κ1) is 22.1. The normalized spacial score (nSPS) is 23.0. The molecular weight excluding hydrogens is 408 g/mol. The Morgan fingerprint density at radius 3 is 2.53 bits per heavy atom. The first-order chi connectivity index (χ1) is 15.5. The molecule has 0 bridgehead atoms. The Kier molecular flexibility index (Phi) is 6.62. The maximum atomic E-state index is 13.4. The molecule has 2 aromatic carbocycles. The Morgan fingerprint density at radius 1 is 1.09 bits per heavy atom. The predicted octanol–water partition coefficient (Wildman–Crippen LogP) is 2.52. The van der Waals surface area contributed by atoms with Crippen LogP contribution in [-0.2, 0) is 9.59 Å². The van der Waals surface area contributed by atoms with E-state index in [-0.39, 0.29) is 29.7 Å². The highest BCUT2D eigenvalue weighted by Gasteiger charge is 2.50. The summed E-state index contributed by atoms with van der Waals surface area (Å²) in [6, 6.07) is 14.5. The second-order valence-corrected chi connectivity index (χ2v) is 8.20. The minimum Gasteiger partial charge on any atom is -0.493 e. The van der Waals surface area contributed by atoms with Gasteiger partial charge in [-0.25, -0.2) is 10.4 Å². The minimum atomic E-state index is -0.383. The van der Waals surface area contributed by atoms with Crippen molar-refractivity contribution in [3.8, 4) is 11.5 Å². The number of nitrogens with zero attached hydrogens (tertiary/aromatic N) is 2. The maximum absolute atomic E-state index is 13.4. The van der Waals surface area contributed by atoms with E-state index in [1.807, 2.05) is 30.3 Å². The zero-order valence-corrected chi connectivity index (χ0v) is 18.7. The summed E-state index contributed by atoms with van der Waals surface area (Å²) in [5, 5.41) is 4.61. The molecule has 2 aliphatic rings. The van der Waals surface area contributed by atoms with Crippen LogP contribution in [0.25, 0.3) is 0 Å². The van der Waals surface area contributed by atoms with Crippen LogP contribution in [-0.4, -0.2) is 56.6 Å². The van der Waals surface area contributed by atoms with Gasteiger partial charge in [-0.15, -0.1) is 0 Å². The Morgan fingerprint density at radius 2 is 1.84 bits per heavy atom. The fourth-order valence-corrected chi connectivity index (χ4v) is 4.60. The molecule has 2 amide bonds. The number of likely N-dealkylation sites (tertiary alicyclic amines) is 1. The van der Waals surface area contributed by atoms with E-state index in [0.29, 0.717) is 30.3 Å². The third kappa shape index (κ3) is 4.28. The van der Waals surface area contributed by atoms with E-state index in [1.165, 1.54) is 0 Å². The molecule has 3 unspecified atom stereocenters. The van der Waals surface area contributed by atoms with E-state index < -0.39 is 0 Å². The highest BCUT2D eigenvalue weighted by Crippen LogP contribution is 2.34. The van der Waals surface area contributed by atoms with E-state index in [9.17, 15) is 9.59 Å². The lowest BCUT2D eigenvalue weighted by Crippen LogP contribution is -2.56. The fraction of sp³-hybridized carbons (Fsp3) is 0.417. The average Bonchev–Trinajstić information content (AvgIpc) is 3.15. The van der Waals surface area contributed by atoms with Crippen molar-refractivity contribution in [3.05, 3.63) is 48.5 Å². The van der Waals surface area contributed by atoms with Crippen LogP contribution in [0, 0.1) is 11.8 Å². The van der Waals surface area contributed by atoms with Gasteiger partial charge in [0.25, 0.3) is 0 Å². The van der Waals surface area contributed by atoms with Crippen molar-refractivity contribution in [1.82, 2.24) is 10.3 Å². The molecule has 0 aromatic heterocycles. The minimum absolute atomic E-state index is 0.00548. The number of methoxy groups -OCH3 is 2. The van der Waals surface area contributed by atoms with Crippen molar-refractivity contribution in [1.29, 1.82) is 0 Å². The van der Waals surface area contributed by atoms with Crippen LogP contribution in [0.4, 0.5) is 11.4 Å². The van der Waals surface area contributed by atoms with Gasteiger partial charge in [-0.3, -0.25) is 9.59 Å². The van der Waals surface area contributed by atoms with E-state index >= 15 is 0 Å². The molecular formula is C24H30N4O4. The van der Waals surface area contributed by atoms with Crippen LogP contribution in [0.2, 0.25) is 0 Å². The summed E-state index contributed by atoms with van der Waals surface area (Å²) in [7, 11) is 3.13. The second kappa shape index (κ2) is 9.58. The molecule has 2 fully saturated rings. The molecule has 8 heteroatoms. The number of hydrazine groups is 1. The van der Waals surface area contributed by atoms with Crippen molar-refractivity contribution in [3.63, 3.8) is 0 Å². The predicted molar refractivity (Wildman–Crippen MR) is 123 cm³/mol. The van der Waals surface area contributed by atoms with Crippen molar-refractivity contribution < 1.29 is 19.1 Å². The van der Waals surface area contributed by atoms with Crippen LogP contribution >= 0.6 is 0 Å². The lowest BCUT2D eigenvalue weighted by atomic mass is 9.84. The molecule has 2 saturated heterocycles. The summed E-state index contributed by atoms with van der Waals surface area (Å²) in [5.74, 6) is 0.361. The summed E-state index contributed by atoms with van der Waals surface area (Å²) in [5.41, 5.74) is 4.74. The lowest BCUT2D eigenvalue weighted by Gasteiger charge is -2.38. The van der Waals surface area contributed by atoms with Gasteiger partial charge in [0.05, 0.1) is 37.8 Å². The standard InChI is InChI=1S/C24H30N4O4/c1-4-12-27-14-18(23(29)25-16-10-11-20(31-2)21(13-16)32-3)22-19(15-27)24(30)28(26-22)17-8-6-5-7-9-17/h5-11,13,18-19,22,26H,4,12,14-15H2,1-3H3,(H,25,29). The SMILES string of the molecule is CCCN1CC(C(=O)Nc2ccc(OC)c(OC)c2)C2NN(c3ccccc3)C(=O)C2C1. The molecule has 0 spiro atoms. The van der Waals surface area contributed by atoms with Crippen LogP contribution in [0.3, 0.4) is 0 Å². The number of amides is 2. The van der Waals surface area contributed by atoms with Crippen molar-refractivity contribution >= 4 is 23.2 Å². The summed E-state index contributed by atoms with van der Waals surface area (Å²) < 4.78 is 10.6. The Labute approximate surface area is 188 Å². The number of benzene rings is 2. The Balaban J connectivity index is 1.57. The third-order valence-corrected chi connectivity index (χ3v) is 6.13. The van der Waals surface area contributed by atoms with Crippen LogP contribution < -0.4 is 25.2 Å². The number of hydrogen-bond donors (Lipinski definition) is 2. The Hall–Kier alpha value is -3.10. The van der Waals surface area contributed by atoms with Gasteiger partial charge in [-0.2, -0.15) is 0 Å². The van der Waals surface area contributed by atoms with E-state index in [2.05, 4.69) is 22.6 Å². The van der Waals surface area contributed by atoms with Gasteiger partial charge in [0.2, 0.25) is 11.8 Å². The number of piperidine rings is 1. The highest BCUT2D eigenvalue weighted by atomic mass is 16.5. The number of fused-ring (bicyclic) bond motifs is 1. The zero-order valence-electron chi connectivity index (χ0n) is 18.7. The summed E-state index contributed by atoms with van der Waals surface area (Å²) in [4.78, 5) is 28.8. The average molecular weight is 439 g/mol. The number of carbonyl (C=O) groups is 2. The number of carbonyl (C=O) groups excluding carboxylic acids is 2. The van der Waals surface area contributed by atoms with Crippen LogP contribution in [0.5, 0.6) is 11.5 Å². The highest BCUT2D eigenvalue weighted by molar-refractivity contribution is 6.00. The van der Waals surface area contributed by atoms with Gasteiger partial charge in [0, 0.05) is 24.8 Å². The summed E-state index contributed by atoms with van der Waals surface area (Å²) in [6.45, 7) is 4.20. The first-order valence-corrected chi connectivity index (χ1v) is 11.0. The molecule has 2 N–H and O–H groups in total. The number of ether oxygens (including phenoxy) is 2. The van der Waals surface area contributed by atoms with Gasteiger partial charge in [0.1, 0.15) is 0 Å². The number of rotatable bonds is 7. The van der Waals surface area contributed by atoms with Crippen LogP contribution in [0.1, 0.15) is 13.3 Å². The largest absolute Gasteiger partial charge is 0.493 e. The van der Waals surface area contributed by atoms with E-state index in [0.717, 1.165) is 18.7 Å². The van der Waals surface area contributed by atoms with Gasteiger partial charge in [0.15, 0.2) is 11.5 Å². The quantitative estimate of drug-likeness (QED) is 0.691. The van der Waals surface area contributed by atoms with Crippen molar-refractivity contribution in [2.45, 2.75) is 19.4 Å². The lowest BCUT2D eigenvalue weighted by molar-refractivity contribution is -0.126. The van der Waals surface area contributed by atoms with Gasteiger partial charge in [-0.1, -0.05) is 25.1 Å². The van der Waals surface area contributed by atoms with Gasteiger partial charge >= 0.3 is 0 Å². The molecule has 8 nitrogen and oxygen atoms in total. The van der Waals surface area contributed by atoms with Crippen molar-refractivity contribution in [2.24, 2.45) is 11.8 Å². The zero-order chi connectivity index (χ0) is 22.7. The first-order valence-electron chi connectivity index (χ1n) is 11.0. The third-order valence-electron chi connectivity index (χ3n) is 6.13. The number of nitrogens with one attached hydrogen (secondary N) is 2. The number of para-hydroxylation sites is 1. The topological polar surface area (TPSA) is 83.1 Å². The molecule has 2 aliphatic heterocycles. The molecule has 0 saturated carbocycles. The summed E-state index contributed by atoms with van der Waals surface area (Å²) >= 11 is 0. The Bertz CT molecular complexity index is 968. The molecule has 170 valence electrons. The molecule has 3 atom stereocenters. The molecule has 2 aromatic rings. The fourth-order valence-electron chi connectivity index (χ4n) is 4.60. The number of hydrogen-bond acceptors (Lipinski definition) is 6.